The van der Waals surface area contributed by atoms with Crippen molar-refractivity contribution in [2.24, 2.45) is 0 Å². The highest BCUT2D eigenvalue weighted by Gasteiger charge is 2.17. The van der Waals surface area contributed by atoms with Crippen LogP contribution in [0.5, 0.6) is 0 Å². The van der Waals surface area contributed by atoms with Gasteiger partial charge in [-0.25, -0.2) is 42.5 Å². The number of hydrogen-bond donors (Lipinski definition) is 8. The molecule has 512 valence electrons. The van der Waals surface area contributed by atoms with Crippen molar-refractivity contribution in [1.82, 2.24) is 85.5 Å². The molecule has 0 saturated heterocycles. The van der Waals surface area contributed by atoms with Crippen LogP contribution in [-0.4, -0.2) is 110 Å². The third-order valence-corrected chi connectivity index (χ3v) is 16.6. The van der Waals surface area contributed by atoms with Crippen molar-refractivity contribution in [2.45, 2.75) is 26.2 Å². The van der Waals surface area contributed by atoms with Crippen molar-refractivity contribution in [3.8, 4) is 11.3 Å². The number of nitrogens with zero attached hydrogens (tertiary/aromatic N) is 11. The van der Waals surface area contributed by atoms with Gasteiger partial charge in [0.05, 0.1) is 41.3 Å². The lowest BCUT2D eigenvalue weighted by atomic mass is 9.79. The van der Waals surface area contributed by atoms with E-state index in [0.717, 1.165) is 87.0 Å². The molecule has 24 nitrogen and oxygen atoms in total. The van der Waals surface area contributed by atoms with E-state index >= 15 is 0 Å². The van der Waals surface area contributed by atoms with E-state index in [4.69, 9.17) is 11.6 Å². The molecule has 15 aromatic rings. The molecule has 11 heterocycles. The van der Waals surface area contributed by atoms with Crippen LogP contribution in [0.1, 0.15) is 53.3 Å². The summed E-state index contributed by atoms with van der Waals surface area (Å²) in [6, 6.07) is 45.3. The van der Waals surface area contributed by atoms with Crippen LogP contribution in [0, 0.1) is 30.7 Å². The number of aldehydes is 1. The number of fused-ring (bicyclic) bond motifs is 4. The minimum Gasteiger partial charge on any atom is -0.423 e. The van der Waals surface area contributed by atoms with Crippen molar-refractivity contribution in [3.63, 3.8) is 0 Å². The molecule has 0 saturated carbocycles. The zero-order valence-corrected chi connectivity index (χ0v) is 57.8. The fourth-order valence-corrected chi connectivity index (χ4v) is 10.8. The van der Waals surface area contributed by atoms with Gasteiger partial charge in [-0.15, -0.1) is 0 Å². The third-order valence-electron chi connectivity index (χ3n) is 14.6. The molecule has 4 aromatic carbocycles. The number of halogens is 7. The highest BCUT2D eigenvalue weighted by Crippen LogP contribution is 2.26. The summed E-state index contributed by atoms with van der Waals surface area (Å²) < 4.78 is 57.7. The van der Waals surface area contributed by atoms with E-state index in [-0.39, 0.29) is 47.9 Å². The van der Waals surface area contributed by atoms with Crippen molar-refractivity contribution in [2.75, 3.05) is 0 Å². The summed E-state index contributed by atoms with van der Waals surface area (Å²) in [4.78, 5) is 80.8. The summed E-state index contributed by atoms with van der Waals surface area (Å²) in [5.41, 5.74) is 6.45. The number of benzene rings is 4. The number of pyridine rings is 7. The number of aromatic nitrogens is 15. The van der Waals surface area contributed by atoms with E-state index in [0.29, 0.717) is 34.2 Å². The zero-order valence-electron chi connectivity index (χ0n) is 52.8. The van der Waals surface area contributed by atoms with Gasteiger partial charge in [0.25, 0.3) is 22.9 Å². The first-order chi connectivity index (χ1) is 49.4. The molecule has 0 fully saturated rings. The number of hydrogen-bond acceptors (Lipinski definition) is 16. The molecule has 102 heavy (non-hydrogen) atoms. The van der Waals surface area contributed by atoms with Crippen molar-refractivity contribution in [1.29, 1.82) is 0 Å². The van der Waals surface area contributed by atoms with Crippen LogP contribution in [-0.2, 0) is 26.2 Å². The van der Waals surface area contributed by atoms with E-state index in [2.05, 4.69) is 122 Å². The third kappa shape index (κ3) is 19.5. The topological polar surface area (TPSA) is 339 Å². The fraction of sp³-hybridized carbons (Fsp3) is 0.0571. The highest BCUT2D eigenvalue weighted by atomic mass is 127. The van der Waals surface area contributed by atoms with Crippen LogP contribution >= 0.6 is 56.8 Å². The first kappa shape index (κ1) is 73.2. The largest absolute Gasteiger partial charge is 0.488 e. The molecular weight excluding hydrogens is 1570 g/mol. The highest BCUT2D eigenvalue weighted by molar-refractivity contribution is 14.1. The van der Waals surface area contributed by atoms with Crippen LogP contribution in [0.2, 0.25) is 5.15 Å². The smallest absolute Gasteiger partial charge is 0.423 e. The monoisotopic (exact) mass is 1620 g/mol. The summed E-state index contributed by atoms with van der Waals surface area (Å²) >= 11 is 9.87. The number of aromatic amines is 4. The molecular formula is C70H53BClF4I2N17O7. The number of carbonyl (C=O) groups is 3. The molecule has 0 atom stereocenters. The molecule has 8 N–H and O–H groups in total. The van der Waals surface area contributed by atoms with Crippen LogP contribution < -0.4 is 27.2 Å². The Morgan fingerprint density at radius 2 is 1.01 bits per heavy atom. The Balaban J connectivity index is 0.000000146. The molecule has 0 unspecified atom stereocenters. The average Bonchev–Trinajstić information content (AvgIpc) is 1.56. The number of amides is 2. The lowest BCUT2D eigenvalue weighted by Crippen LogP contribution is -2.33. The number of carbonyl (C=O) groups excluding carboxylic acids is 3. The average molecular weight is 1620 g/mol. The zero-order chi connectivity index (χ0) is 72.1. The Morgan fingerprint density at radius 1 is 0.520 bits per heavy atom. The summed E-state index contributed by atoms with van der Waals surface area (Å²) in [6.45, 7) is 0.269. The summed E-state index contributed by atoms with van der Waals surface area (Å²) in [6.07, 6.45) is 13.8. The predicted octanol–water partition coefficient (Wildman–Crippen LogP) is 10.5. The standard InChI is InChI=1S/C26H19F2N5O2.C20H17BF2N2O4.C6H4ClNO.2C6H4IN3.C6H5N3/c27-21-9-8-17(13-22(21)28)15-33-11-3-7-20(26(33)35)25(34)30-14-16-4-1-5-18(12-16)23-19-6-2-10-29-24(19)32-31-23;22-17-7-6-14(10-18(17)23)12-25-8-2-5-16(20(25)27)19(26)24-11-13-3-1-4-15(9-13)21(28)29;7-6-5(4-9)2-1-3-8-6;2*7-5-4-2-1-3-8-6(4)10-9-5;1-2-5-4-8-9-6(5)7-3-1/h1-13H,14-15H2,(H,30,34)(H,29,31,32);1-10,28-29H,11-12H2,(H,24,26);1-4H;2*1-3H,(H,8,9,10);1-4H,(H,7,8,9). The van der Waals surface area contributed by atoms with Gasteiger partial charge in [0.2, 0.25) is 0 Å². The molecule has 0 spiro atoms. The maximum absolute atomic E-state index is 13.5. The molecule has 15 rings (SSSR count). The van der Waals surface area contributed by atoms with Gasteiger partial charge in [0.1, 0.15) is 23.7 Å². The Hall–Kier alpha value is -11.5. The fourth-order valence-electron chi connectivity index (χ4n) is 9.57. The van der Waals surface area contributed by atoms with Gasteiger partial charge < -0.3 is 29.8 Å². The summed E-state index contributed by atoms with van der Waals surface area (Å²) in [5.74, 6) is -5.09. The summed E-state index contributed by atoms with van der Waals surface area (Å²) in [5, 5.41) is 55.6. The molecule has 11 aromatic heterocycles. The number of rotatable bonds is 13. The van der Waals surface area contributed by atoms with E-state index in [9.17, 15) is 51.6 Å². The SMILES string of the molecule is Ic1[nH]nc2ncccc12.Ic1[nH]nc2ncccc12.O=C(NCc1cccc(-c2[nH]nc3ncccc23)c1)c1cccn(Cc2ccc(F)c(F)c2)c1=O.O=C(NCc1cccc(B(O)O)c1)c1cccn(Cc2ccc(F)c(F)c2)c1=O.O=Cc1cccnc1Cl.c1cnc2[nH]ncc2c1. The van der Waals surface area contributed by atoms with Gasteiger partial charge >= 0.3 is 7.12 Å². The first-order valence-electron chi connectivity index (χ1n) is 30.3. The van der Waals surface area contributed by atoms with E-state index in [1.54, 1.807) is 61.3 Å². The minimum absolute atomic E-state index is 0.00615. The van der Waals surface area contributed by atoms with Gasteiger partial charge in [-0.2, -0.15) is 20.4 Å². The van der Waals surface area contributed by atoms with Crippen molar-refractivity contribution >= 4 is 132 Å². The maximum Gasteiger partial charge on any atom is 0.488 e. The Bertz CT molecular complexity index is 5450. The lowest BCUT2D eigenvalue weighted by Gasteiger charge is -2.10. The van der Waals surface area contributed by atoms with Crippen LogP contribution in [0.25, 0.3) is 55.4 Å². The van der Waals surface area contributed by atoms with Crippen molar-refractivity contribution in [3.05, 3.63) is 315 Å². The molecule has 0 aliphatic carbocycles. The van der Waals surface area contributed by atoms with E-state index < -0.39 is 53.3 Å². The van der Waals surface area contributed by atoms with Gasteiger partial charge in [0.15, 0.2) is 52.1 Å². The second-order valence-electron chi connectivity index (χ2n) is 21.5. The first-order valence-corrected chi connectivity index (χ1v) is 32.8. The van der Waals surface area contributed by atoms with E-state index in [1.807, 2.05) is 72.8 Å². The normalized spacial score (nSPS) is 10.6. The molecule has 2 amide bonds. The van der Waals surface area contributed by atoms with Gasteiger partial charge in [-0.05, 0) is 188 Å². The minimum atomic E-state index is -1.62. The van der Waals surface area contributed by atoms with Crippen LogP contribution in [0.3, 0.4) is 0 Å². The van der Waals surface area contributed by atoms with Gasteiger partial charge in [-0.3, -0.25) is 44.4 Å². The number of nitrogens with one attached hydrogen (secondary N) is 6. The van der Waals surface area contributed by atoms with Crippen LogP contribution in [0.4, 0.5) is 17.6 Å². The van der Waals surface area contributed by atoms with Crippen LogP contribution in [0.15, 0.2) is 229 Å². The molecule has 0 bridgehead atoms. The van der Waals surface area contributed by atoms with E-state index in [1.165, 1.54) is 70.2 Å². The predicted molar refractivity (Wildman–Crippen MR) is 392 cm³/mol. The quantitative estimate of drug-likeness (QED) is 0.0175. The second kappa shape index (κ2) is 35.5. The summed E-state index contributed by atoms with van der Waals surface area (Å²) in [7, 11) is -1.62. The molecule has 0 aliphatic heterocycles. The van der Waals surface area contributed by atoms with Crippen molar-refractivity contribution < 1.29 is 42.0 Å². The Morgan fingerprint density at radius 3 is 1.52 bits per heavy atom. The second-order valence-corrected chi connectivity index (χ2v) is 24.0. The molecule has 32 heteroatoms. The number of H-pyrrole nitrogens is 4. The molecule has 0 aliphatic rings. The molecule has 0 radical (unpaired) electrons. The Labute approximate surface area is 607 Å². The Kier molecular flexibility index (Phi) is 25.5. The maximum atomic E-state index is 13.5. The van der Waals surface area contributed by atoms with Gasteiger partial charge in [-0.1, -0.05) is 66.2 Å². The lowest BCUT2D eigenvalue weighted by molar-refractivity contribution is 0.0940. The van der Waals surface area contributed by atoms with Gasteiger partial charge in [0, 0.05) is 72.8 Å².